The number of nitrogens with one attached hydrogen (secondary N) is 1. The summed E-state index contributed by atoms with van der Waals surface area (Å²) in [7, 11) is 0. The molecule has 132 valence electrons. The van der Waals surface area contributed by atoms with Gasteiger partial charge in [0, 0.05) is 22.7 Å². The fourth-order valence-corrected chi connectivity index (χ4v) is 3.97. The molecule has 2 aromatic carbocycles. The standard InChI is InChI=1S/C20H25N3O2/c1-3-19(4-2)13-14-8-5-6-11-17(14)20(19,22)25-16-10-7-9-15(12-16)23-18(21)24/h5-12H,3-4,13,22H2,1-2H3,(H3,21,23,24). The van der Waals surface area contributed by atoms with Gasteiger partial charge in [-0.2, -0.15) is 0 Å². The molecule has 5 heteroatoms. The molecular weight excluding hydrogens is 314 g/mol. The molecule has 0 heterocycles. The summed E-state index contributed by atoms with van der Waals surface area (Å²) in [6.07, 6.45) is 2.72. The molecule has 1 atom stereocenters. The van der Waals surface area contributed by atoms with E-state index >= 15 is 0 Å². The number of anilines is 1. The fraction of sp³-hybridized carbons (Fsp3) is 0.350. The van der Waals surface area contributed by atoms with Crippen LogP contribution in [0.5, 0.6) is 5.75 Å². The number of primary amides is 1. The maximum Gasteiger partial charge on any atom is 0.316 e. The van der Waals surface area contributed by atoms with Crippen LogP contribution in [0.3, 0.4) is 0 Å². The maximum atomic E-state index is 11.1. The number of fused-ring (bicyclic) bond motifs is 1. The Hall–Kier alpha value is -2.53. The van der Waals surface area contributed by atoms with Crippen LogP contribution in [-0.4, -0.2) is 6.03 Å². The Morgan fingerprint density at radius 1 is 1.16 bits per heavy atom. The van der Waals surface area contributed by atoms with Crippen LogP contribution < -0.4 is 21.5 Å². The van der Waals surface area contributed by atoms with E-state index in [9.17, 15) is 4.79 Å². The Balaban J connectivity index is 2.02. The van der Waals surface area contributed by atoms with E-state index in [2.05, 4.69) is 25.2 Å². The molecule has 5 nitrogen and oxygen atoms in total. The van der Waals surface area contributed by atoms with Gasteiger partial charge in [-0.3, -0.25) is 5.73 Å². The minimum Gasteiger partial charge on any atom is -0.468 e. The highest BCUT2D eigenvalue weighted by atomic mass is 16.5. The van der Waals surface area contributed by atoms with Crippen LogP contribution in [0.2, 0.25) is 0 Å². The van der Waals surface area contributed by atoms with Crippen molar-refractivity contribution in [1.29, 1.82) is 0 Å². The SMILES string of the molecule is CCC1(CC)Cc2ccccc2C1(N)Oc1cccc(NC(N)=O)c1. The summed E-state index contributed by atoms with van der Waals surface area (Å²) >= 11 is 0. The summed E-state index contributed by atoms with van der Waals surface area (Å²) in [5, 5.41) is 2.57. The van der Waals surface area contributed by atoms with E-state index in [0.717, 1.165) is 24.8 Å². The van der Waals surface area contributed by atoms with Gasteiger partial charge in [-0.15, -0.1) is 0 Å². The second kappa shape index (κ2) is 6.41. The highest BCUT2D eigenvalue weighted by Crippen LogP contribution is 2.53. The first kappa shape index (κ1) is 17.3. The molecule has 2 aromatic rings. The first-order valence-corrected chi connectivity index (χ1v) is 8.67. The number of rotatable bonds is 5. The Morgan fingerprint density at radius 2 is 1.88 bits per heavy atom. The predicted molar refractivity (Wildman–Crippen MR) is 99.3 cm³/mol. The third-order valence-electron chi connectivity index (χ3n) is 5.47. The molecule has 1 unspecified atom stereocenters. The number of nitrogens with two attached hydrogens (primary N) is 2. The number of hydrogen-bond donors (Lipinski definition) is 3. The Bertz CT molecular complexity index is 786. The van der Waals surface area contributed by atoms with Gasteiger partial charge in [-0.25, -0.2) is 4.79 Å². The van der Waals surface area contributed by atoms with Crippen molar-refractivity contribution in [3.63, 3.8) is 0 Å². The number of benzene rings is 2. The molecule has 0 saturated carbocycles. The Morgan fingerprint density at radius 3 is 2.56 bits per heavy atom. The van der Waals surface area contributed by atoms with Crippen LogP contribution in [0.4, 0.5) is 10.5 Å². The van der Waals surface area contributed by atoms with Gasteiger partial charge in [-0.1, -0.05) is 44.2 Å². The lowest BCUT2D eigenvalue weighted by Crippen LogP contribution is -2.54. The van der Waals surface area contributed by atoms with Crippen molar-refractivity contribution in [2.75, 3.05) is 5.32 Å². The monoisotopic (exact) mass is 339 g/mol. The zero-order valence-corrected chi connectivity index (χ0v) is 14.7. The van der Waals surface area contributed by atoms with Crippen LogP contribution in [0.1, 0.15) is 37.8 Å². The van der Waals surface area contributed by atoms with E-state index in [-0.39, 0.29) is 5.41 Å². The number of hydrogen-bond acceptors (Lipinski definition) is 3. The van der Waals surface area contributed by atoms with Gasteiger partial charge in [0.25, 0.3) is 0 Å². The summed E-state index contributed by atoms with van der Waals surface area (Å²) in [6.45, 7) is 4.32. The molecule has 0 bridgehead atoms. The van der Waals surface area contributed by atoms with E-state index in [1.165, 1.54) is 5.56 Å². The molecule has 1 aliphatic carbocycles. The van der Waals surface area contributed by atoms with Crippen LogP contribution in [0.25, 0.3) is 0 Å². The van der Waals surface area contributed by atoms with E-state index in [4.69, 9.17) is 16.2 Å². The smallest absolute Gasteiger partial charge is 0.316 e. The normalized spacial score (nSPS) is 20.8. The van der Waals surface area contributed by atoms with Gasteiger partial charge in [0.2, 0.25) is 0 Å². The summed E-state index contributed by atoms with van der Waals surface area (Å²) < 4.78 is 6.39. The minimum absolute atomic E-state index is 0.177. The first-order chi connectivity index (χ1) is 11.9. The number of carbonyl (C=O) groups is 1. The lowest BCUT2D eigenvalue weighted by Gasteiger charge is -2.43. The summed E-state index contributed by atoms with van der Waals surface area (Å²) in [5.74, 6) is 0.608. The van der Waals surface area contributed by atoms with Crippen molar-refractivity contribution in [3.05, 3.63) is 59.7 Å². The quantitative estimate of drug-likeness (QED) is 0.725. The molecule has 2 amide bonds. The van der Waals surface area contributed by atoms with E-state index in [1.54, 1.807) is 12.1 Å². The molecule has 0 saturated heterocycles. The molecule has 0 aromatic heterocycles. The molecule has 1 aliphatic rings. The van der Waals surface area contributed by atoms with E-state index < -0.39 is 11.8 Å². The second-order valence-electron chi connectivity index (χ2n) is 6.68. The third-order valence-corrected chi connectivity index (χ3v) is 5.47. The second-order valence-corrected chi connectivity index (χ2v) is 6.68. The number of amides is 2. The Kier molecular flexibility index (Phi) is 4.43. The van der Waals surface area contributed by atoms with Gasteiger partial charge < -0.3 is 15.8 Å². The summed E-state index contributed by atoms with van der Waals surface area (Å²) in [4.78, 5) is 11.1. The fourth-order valence-electron chi connectivity index (χ4n) is 3.97. The number of carbonyl (C=O) groups excluding carboxylic acids is 1. The zero-order chi connectivity index (χ0) is 18.1. The molecule has 5 N–H and O–H groups in total. The van der Waals surface area contributed by atoms with Crippen molar-refractivity contribution in [2.24, 2.45) is 16.9 Å². The van der Waals surface area contributed by atoms with Gasteiger partial charge >= 0.3 is 6.03 Å². The van der Waals surface area contributed by atoms with Crippen molar-refractivity contribution >= 4 is 11.7 Å². The lowest BCUT2D eigenvalue weighted by molar-refractivity contribution is -0.0556. The average Bonchev–Trinajstić information content (AvgIpc) is 2.84. The minimum atomic E-state index is -0.918. The lowest BCUT2D eigenvalue weighted by atomic mass is 9.73. The highest BCUT2D eigenvalue weighted by Gasteiger charge is 2.55. The van der Waals surface area contributed by atoms with Crippen molar-refractivity contribution in [1.82, 2.24) is 0 Å². The van der Waals surface area contributed by atoms with E-state index in [0.29, 0.717) is 11.4 Å². The Labute approximate surface area is 148 Å². The van der Waals surface area contributed by atoms with Crippen LogP contribution in [-0.2, 0) is 12.1 Å². The first-order valence-electron chi connectivity index (χ1n) is 8.67. The van der Waals surface area contributed by atoms with Gasteiger partial charge in [0.05, 0.1) is 0 Å². The highest BCUT2D eigenvalue weighted by molar-refractivity contribution is 5.87. The van der Waals surface area contributed by atoms with Gasteiger partial charge in [0.1, 0.15) is 5.75 Å². The summed E-state index contributed by atoms with van der Waals surface area (Å²) in [5.41, 5.74) is 13.9. The van der Waals surface area contributed by atoms with Gasteiger partial charge in [0.15, 0.2) is 5.72 Å². The molecule has 0 radical (unpaired) electrons. The van der Waals surface area contributed by atoms with Crippen LogP contribution >= 0.6 is 0 Å². The zero-order valence-electron chi connectivity index (χ0n) is 14.7. The number of urea groups is 1. The molecular formula is C20H25N3O2. The third kappa shape index (κ3) is 2.85. The van der Waals surface area contributed by atoms with Crippen molar-refractivity contribution in [2.45, 2.75) is 38.8 Å². The van der Waals surface area contributed by atoms with Crippen LogP contribution in [0, 0.1) is 5.41 Å². The number of ether oxygens (including phenoxy) is 1. The van der Waals surface area contributed by atoms with Crippen molar-refractivity contribution in [3.8, 4) is 5.75 Å². The molecule has 0 fully saturated rings. The summed E-state index contributed by atoms with van der Waals surface area (Å²) in [6, 6.07) is 14.8. The molecule has 25 heavy (non-hydrogen) atoms. The van der Waals surface area contributed by atoms with Crippen LogP contribution in [0.15, 0.2) is 48.5 Å². The largest absolute Gasteiger partial charge is 0.468 e. The topological polar surface area (TPSA) is 90.4 Å². The average molecular weight is 339 g/mol. The maximum absolute atomic E-state index is 11.1. The molecule has 0 aliphatic heterocycles. The van der Waals surface area contributed by atoms with Gasteiger partial charge in [-0.05, 0) is 37.0 Å². The predicted octanol–water partition coefficient (Wildman–Crippen LogP) is 3.73. The molecule has 0 spiro atoms. The van der Waals surface area contributed by atoms with E-state index in [1.807, 2.05) is 30.3 Å². The van der Waals surface area contributed by atoms with Crippen molar-refractivity contribution < 1.29 is 9.53 Å². The molecule has 3 rings (SSSR count).